The summed E-state index contributed by atoms with van der Waals surface area (Å²) in [7, 11) is 0. The number of pyridine rings is 1. The highest BCUT2D eigenvalue weighted by atomic mass is 15.1. The van der Waals surface area contributed by atoms with Crippen LogP contribution in [0.4, 0.5) is 0 Å². The average molecular weight is 184 g/mol. The summed E-state index contributed by atoms with van der Waals surface area (Å²) in [6.07, 6.45) is 9.19. The quantitative estimate of drug-likeness (QED) is 0.617. The predicted molar refractivity (Wildman–Crippen MR) is 52.7 cm³/mol. The molecule has 0 bridgehead atoms. The third-order valence-electron chi connectivity index (χ3n) is 2.27. The van der Waals surface area contributed by atoms with Crippen LogP contribution in [-0.2, 0) is 6.54 Å². The summed E-state index contributed by atoms with van der Waals surface area (Å²) in [6.45, 7) is 0.627. The summed E-state index contributed by atoms with van der Waals surface area (Å²) in [6, 6.07) is 1.95. The van der Waals surface area contributed by atoms with Gasteiger partial charge >= 0.3 is 0 Å². The minimum absolute atomic E-state index is 0.627. The molecule has 0 fully saturated rings. The second-order valence-corrected chi connectivity index (χ2v) is 3.12. The Hall–Kier alpha value is -1.97. The zero-order valence-corrected chi connectivity index (χ0v) is 7.46. The van der Waals surface area contributed by atoms with Gasteiger partial charge in [-0.25, -0.2) is 4.98 Å². The maximum absolute atomic E-state index is 4.29. The molecule has 1 aliphatic heterocycles. The van der Waals surface area contributed by atoms with Gasteiger partial charge in [0.2, 0.25) is 0 Å². The Morgan fingerprint density at radius 3 is 3.29 bits per heavy atom. The van der Waals surface area contributed by atoms with Gasteiger partial charge in [-0.3, -0.25) is 14.5 Å². The van der Waals surface area contributed by atoms with Crippen molar-refractivity contribution in [3.8, 4) is 5.69 Å². The fourth-order valence-electron chi connectivity index (χ4n) is 1.60. The molecule has 68 valence electrons. The molecule has 0 atom stereocenters. The molecule has 0 unspecified atom stereocenters. The number of fused-ring (bicyclic) bond motifs is 3. The van der Waals surface area contributed by atoms with Crippen molar-refractivity contribution in [3.05, 3.63) is 42.2 Å². The summed E-state index contributed by atoms with van der Waals surface area (Å²) < 4.78 is 2.02. The second-order valence-electron chi connectivity index (χ2n) is 3.12. The zero-order chi connectivity index (χ0) is 9.38. The van der Waals surface area contributed by atoms with Gasteiger partial charge in [-0.2, -0.15) is 0 Å². The van der Waals surface area contributed by atoms with E-state index < -0.39 is 0 Å². The van der Waals surface area contributed by atoms with E-state index in [-0.39, 0.29) is 0 Å². The molecule has 0 amide bonds. The Balaban J connectivity index is 2.34. The summed E-state index contributed by atoms with van der Waals surface area (Å²) in [5.41, 5.74) is 2.12. The lowest BCUT2D eigenvalue weighted by atomic mass is 10.2. The Morgan fingerprint density at radius 1 is 1.29 bits per heavy atom. The zero-order valence-electron chi connectivity index (χ0n) is 7.46. The van der Waals surface area contributed by atoms with Crippen LogP contribution in [0.2, 0.25) is 0 Å². The van der Waals surface area contributed by atoms with Crippen LogP contribution in [0.5, 0.6) is 0 Å². The highest BCUT2D eigenvalue weighted by Gasteiger charge is 2.10. The Kier molecular flexibility index (Phi) is 1.47. The maximum atomic E-state index is 4.29. The molecule has 0 radical (unpaired) electrons. The van der Waals surface area contributed by atoms with E-state index in [0.29, 0.717) is 6.54 Å². The van der Waals surface area contributed by atoms with E-state index in [0.717, 1.165) is 17.1 Å². The molecule has 0 spiro atoms. The third kappa shape index (κ3) is 0.970. The van der Waals surface area contributed by atoms with E-state index in [2.05, 4.69) is 15.0 Å². The average Bonchev–Trinajstić information content (AvgIpc) is 2.61. The molecule has 3 heterocycles. The fourth-order valence-corrected chi connectivity index (χ4v) is 1.60. The van der Waals surface area contributed by atoms with Crippen LogP contribution in [-0.4, -0.2) is 20.7 Å². The van der Waals surface area contributed by atoms with Crippen LogP contribution in [0, 0.1) is 0 Å². The van der Waals surface area contributed by atoms with Crippen molar-refractivity contribution in [1.29, 1.82) is 0 Å². The van der Waals surface area contributed by atoms with E-state index in [1.165, 1.54) is 0 Å². The Morgan fingerprint density at radius 2 is 2.29 bits per heavy atom. The molecule has 0 aromatic carbocycles. The fraction of sp³-hybridized carbons (Fsp3) is 0.100. The summed E-state index contributed by atoms with van der Waals surface area (Å²) in [4.78, 5) is 12.6. The molecule has 2 aromatic heterocycles. The van der Waals surface area contributed by atoms with Gasteiger partial charge in [0.1, 0.15) is 5.82 Å². The van der Waals surface area contributed by atoms with Crippen molar-refractivity contribution >= 4 is 6.21 Å². The first-order valence-electron chi connectivity index (χ1n) is 4.41. The number of rotatable bonds is 0. The Bertz CT molecular complexity index is 498. The number of aromatic nitrogens is 3. The van der Waals surface area contributed by atoms with E-state index in [1.807, 2.05) is 29.2 Å². The van der Waals surface area contributed by atoms with Crippen LogP contribution >= 0.6 is 0 Å². The van der Waals surface area contributed by atoms with Crippen molar-refractivity contribution < 1.29 is 0 Å². The number of hydrogen-bond acceptors (Lipinski definition) is 3. The van der Waals surface area contributed by atoms with Crippen LogP contribution in [0.25, 0.3) is 5.69 Å². The van der Waals surface area contributed by atoms with Gasteiger partial charge in [-0.1, -0.05) is 0 Å². The molecule has 2 aromatic rings. The summed E-state index contributed by atoms with van der Waals surface area (Å²) >= 11 is 0. The standard InChI is InChI=1S/C10H8N4/c1-2-11-6-9-8(1)5-12-7-10-13-3-4-14(9)10/h1-6H,7H2. The number of nitrogens with zero attached hydrogens (tertiary/aromatic N) is 4. The summed E-state index contributed by atoms with van der Waals surface area (Å²) in [5.74, 6) is 0.952. The lowest BCUT2D eigenvalue weighted by Crippen LogP contribution is -2.00. The first kappa shape index (κ1) is 7.44. The smallest absolute Gasteiger partial charge is 0.135 e. The van der Waals surface area contributed by atoms with Gasteiger partial charge in [0.05, 0.1) is 18.4 Å². The van der Waals surface area contributed by atoms with Crippen molar-refractivity contribution in [2.24, 2.45) is 4.99 Å². The number of imidazole rings is 1. The van der Waals surface area contributed by atoms with E-state index in [9.17, 15) is 0 Å². The summed E-state index contributed by atoms with van der Waals surface area (Å²) in [5, 5.41) is 0. The number of hydrogen-bond donors (Lipinski definition) is 0. The maximum Gasteiger partial charge on any atom is 0.135 e. The Labute approximate surface area is 81.0 Å². The molecular formula is C10H8N4. The SMILES string of the molecule is C1=NCc2nccn2-c2cnccc21. The van der Waals surface area contributed by atoms with Crippen molar-refractivity contribution in [2.75, 3.05) is 0 Å². The second kappa shape index (κ2) is 2.77. The van der Waals surface area contributed by atoms with Gasteiger partial charge < -0.3 is 0 Å². The molecule has 0 saturated heterocycles. The predicted octanol–water partition coefficient (Wildman–Crippen LogP) is 1.20. The van der Waals surface area contributed by atoms with E-state index >= 15 is 0 Å². The van der Waals surface area contributed by atoms with Gasteiger partial charge in [-0.15, -0.1) is 0 Å². The molecule has 4 heteroatoms. The van der Waals surface area contributed by atoms with Gasteiger partial charge in [-0.05, 0) is 6.07 Å². The van der Waals surface area contributed by atoms with Crippen LogP contribution in [0.3, 0.4) is 0 Å². The highest BCUT2D eigenvalue weighted by molar-refractivity contribution is 5.85. The topological polar surface area (TPSA) is 43.1 Å². The molecule has 0 N–H and O–H groups in total. The third-order valence-corrected chi connectivity index (χ3v) is 2.27. The molecule has 0 aliphatic carbocycles. The van der Waals surface area contributed by atoms with Crippen LogP contribution in [0.1, 0.15) is 11.4 Å². The minimum atomic E-state index is 0.627. The number of aliphatic imine (C=N–C) groups is 1. The lowest BCUT2D eigenvalue weighted by molar-refractivity contribution is 0.877. The van der Waals surface area contributed by atoms with Crippen molar-refractivity contribution in [1.82, 2.24) is 14.5 Å². The van der Waals surface area contributed by atoms with Gasteiger partial charge in [0, 0.05) is 30.4 Å². The van der Waals surface area contributed by atoms with E-state index in [4.69, 9.17) is 0 Å². The first-order chi connectivity index (χ1) is 6.95. The van der Waals surface area contributed by atoms with Crippen LogP contribution in [0.15, 0.2) is 35.8 Å². The largest absolute Gasteiger partial charge is 0.300 e. The van der Waals surface area contributed by atoms with Crippen molar-refractivity contribution in [3.63, 3.8) is 0 Å². The van der Waals surface area contributed by atoms with Gasteiger partial charge in [0.25, 0.3) is 0 Å². The van der Waals surface area contributed by atoms with Gasteiger partial charge in [0.15, 0.2) is 0 Å². The molecule has 3 rings (SSSR count). The molecule has 14 heavy (non-hydrogen) atoms. The van der Waals surface area contributed by atoms with Crippen LogP contribution < -0.4 is 0 Å². The molecular weight excluding hydrogens is 176 g/mol. The minimum Gasteiger partial charge on any atom is -0.300 e. The molecule has 1 aliphatic rings. The molecule has 4 nitrogen and oxygen atoms in total. The van der Waals surface area contributed by atoms with E-state index in [1.54, 1.807) is 12.4 Å². The molecule has 0 saturated carbocycles. The first-order valence-corrected chi connectivity index (χ1v) is 4.41. The van der Waals surface area contributed by atoms with Crippen molar-refractivity contribution in [2.45, 2.75) is 6.54 Å². The lowest BCUT2D eigenvalue weighted by Gasteiger charge is -2.05. The normalized spacial score (nSPS) is 13.1. The monoisotopic (exact) mass is 184 g/mol. The highest BCUT2D eigenvalue weighted by Crippen LogP contribution is 2.16.